The van der Waals surface area contributed by atoms with Gasteiger partial charge in [0.2, 0.25) is 5.92 Å². The molecule has 0 N–H and O–H groups in total. The Balaban J connectivity index is 2.07. The number of thiazole rings is 1. The van der Waals surface area contributed by atoms with E-state index in [1.165, 1.54) is 17.7 Å². The molecule has 2 aromatic heterocycles. The van der Waals surface area contributed by atoms with E-state index in [-0.39, 0.29) is 11.4 Å². The maximum absolute atomic E-state index is 13.5. The molecule has 0 amide bonds. The van der Waals surface area contributed by atoms with Gasteiger partial charge in [-0.3, -0.25) is 14.3 Å². The van der Waals surface area contributed by atoms with Gasteiger partial charge in [0.05, 0.1) is 15.8 Å². The van der Waals surface area contributed by atoms with Crippen molar-refractivity contribution in [2.45, 2.75) is 26.3 Å². The standard InChI is InChI=1S/C18H15F2N3OS/c1-11(18(2,19)20)10-23-15-4-3-12(7-16(15)25-17(23)24)14-5-6-22-9-13(14)8-21/h3-7,9,11H,10H2,1-2H3. The highest BCUT2D eigenvalue weighted by atomic mass is 32.1. The van der Waals surface area contributed by atoms with Crippen molar-refractivity contribution in [1.29, 1.82) is 5.26 Å². The van der Waals surface area contributed by atoms with Crippen molar-refractivity contribution in [2.24, 2.45) is 5.92 Å². The van der Waals surface area contributed by atoms with Crippen LogP contribution in [-0.2, 0) is 6.54 Å². The first-order valence-corrected chi connectivity index (χ1v) is 8.48. The smallest absolute Gasteiger partial charge is 0.298 e. The molecule has 0 spiro atoms. The minimum atomic E-state index is -2.85. The summed E-state index contributed by atoms with van der Waals surface area (Å²) in [6, 6.07) is 9.16. The van der Waals surface area contributed by atoms with Crippen LogP contribution in [0.3, 0.4) is 0 Å². The number of aromatic nitrogens is 2. The van der Waals surface area contributed by atoms with Crippen molar-refractivity contribution in [2.75, 3.05) is 0 Å². The van der Waals surface area contributed by atoms with Gasteiger partial charge in [-0.1, -0.05) is 24.3 Å². The Morgan fingerprint density at radius 1 is 1.40 bits per heavy atom. The second-order valence-corrected chi connectivity index (χ2v) is 7.04. The SMILES string of the molecule is CC(Cn1c(=O)sc2cc(-c3ccncc3C#N)ccc21)C(C)(F)F. The van der Waals surface area contributed by atoms with Crippen LogP contribution in [-0.4, -0.2) is 15.5 Å². The van der Waals surface area contributed by atoms with Gasteiger partial charge in [0.15, 0.2) is 0 Å². The Bertz CT molecular complexity index is 1030. The van der Waals surface area contributed by atoms with Gasteiger partial charge in [-0.05, 0) is 30.7 Å². The van der Waals surface area contributed by atoms with Crippen molar-refractivity contribution >= 4 is 21.6 Å². The molecule has 0 saturated heterocycles. The zero-order valence-electron chi connectivity index (χ0n) is 13.7. The lowest BCUT2D eigenvalue weighted by Gasteiger charge is -2.19. The number of hydrogen-bond acceptors (Lipinski definition) is 4. The van der Waals surface area contributed by atoms with E-state index in [1.54, 1.807) is 24.4 Å². The Labute approximate surface area is 147 Å². The first-order chi connectivity index (χ1) is 11.8. The predicted octanol–water partition coefficient (Wildman–Crippen LogP) is 4.29. The molecule has 7 heteroatoms. The molecule has 0 fully saturated rings. The van der Waals surface area contributed by atoms with Gasteiger partial charge in [-0.25, -0.2) is 8.78 Å². The molecule has 1 atom stereocenters. The molecule has 3 aromatic rings. The molecule has 0 radical (unpaired) electrons. The average Bonchev–Trinajstić information content (AvgIpc) is 2.88. The summed E-state index contributed by atoms with van der Waals surface area (Å²) in [5.41, 5.74) is 2.57. The monoisotopic (exact) mass is 359 g/mol. The molecular formula is C18H15F2N3OS. The topological polar surface area (TPSA) is 58.7 Å². The minimum Gasteiger partial charge on any atom is -0.298 e. The van der Waals surface area contributed by atoms with E-state index in [0.717, 1.165) is 29.4 Å². The second kappa shape index (κ2) is 6.37. The third kappa shape index (κ3) is 3.30. The third-order valence-corrected chi connectivity index (χ3v) is 5.18. The van der Waals surface area contributed by atoms with Crippen LogP contribution in [0.5, 0.6) is 0 Å². The van der Waals surface area contributed by atoms with Crippen LogP contribution in [0.25, 0.3) is 21.3 Å². The number of nitrogens with zero attached hydrogens (tertiary/aromatic N) is 3. The first-order valence-electron chi connectivity index (χ1n) is 7.67. The second-order valence-electron chi connectivity index (χ2n) is 6.05. The summed E-state index contributed by atoms with van der Waals surface area (Å²) in [5.74, 6) is -3.81. The molecule has 3 rings (SSSR count). The van der Waals surface area contributed by atoms with E-state index in [0.29, 0.717) is 15.8 Å². The fraction of sp³-hybridized carbons (Fsp3) is 0.278. The van der Waals surface area contributed by atoms with Crippen LogP contribution in [0.15, 0.2) is 41.5 Å². The van der Waals surface area contributed by atoms with Crippen molar-refractivity contribution in [3.8, 4) is 17.2 Å². The molecule has 0 aliphatic heterocycles. The van der Waals surface area contributed by atoms with E-state index < -0.39 is 11.8 Å². The van der Waals surface area contributed by atoms with Crippen molar-refractivity contribution in [1.82, 2.24) is 9.55 Å². The lowest BCUT2D eigenvalue weighted by Crippen LogP contribution is -2.28. The number of halogens is 2. The Hall–Kier alpha value is -2.59. The van der Waals surface area contributed by atoms with Gasteiger partial charge in [0, 0.05) is 30.4 Å². The van der Waals surface area contributed by atoms with E-state index in [1.807, 2.05) is 6.07 Å². The quantitative estimate of drug-likeness (QED) is 0.698. The van der Waals surface area contributed by atoms with Gasteiger partial charge < -0.3 is 0 Å². The van der Waals surface area contributed by atoms with Crippen molar-refractivity contribution in [3.05, 3.63) is 51.9 Å². The summed E-state index contributed by atoms with van der Waals surface area (Å²) in [6.07, 6.45) is 3.08. The van der Waals surface area contributed by atoms with Crippen LogP contribution in [0.2, 0.25) is 0 Å². The maximum Gasteiger partial charge on any atom is 0.308 e. The number of hydrogen-bond donors (Lipinski definition) is 0. The number of fused-ring (bicyclic) bond motifs is 1. The highest BCUT2D eigenvalue weighted by Crippen LogP contribution is 2.30. The molecule has 128 valence electrons. The minimum absolute atomic E-state index is 0.0413. The fourth-order valence-electron chi connectivity index (χ4n) is 2.58. The zero-order chi connectivity index (χ0) is 18.2. The lowest BCUT2D eigenvalue weighted by atomic mass is 10.0. The third-order valence-electron chi connectivity index (χ3n) is 4.24. The maximum atomic E-state index is 13.5. The van der Waals surface area contributed by atoms with Gasteiger partial charge in [-0.15, -0.1) is 0 Å². The predicted molar refractivity (Wildman–Crippen MR) is 93.8 cm³/mol. The van der Waals surface area contributed by atoms with Crippen LogP contribution >= 0.6 is 11.3 Å². The zero-order valence-corrected chi connectivity index (χ0v) is 14.5. The van der Waals surface area contributed by atoms with Gasteiger partial charge in [-0.2, -0.15) is 5.26 Å². The summed E-state index contributed by atoms with van der Waals surface area (Å²) in [6.45, 7) is 2.25. The lowest BCUT2D eigenvalue weighted by molar-refractivity contribution is -0.0381. The van der Waals surface area contributed by atoms with Crippen molar-refractivity contribution in [3.63, 3.8) is 0 Å². The van der Waals surface area contributed by atoms with E-state index in [9.17, 15) is 18.8 Å². The summed E-state index contributed by atoms with van der Waals surface area (Å²) >= 11 is 1.02. The van der Waals surface area contributed by atoms with Gasteiger partial charge in [0.25, 0.3) is 0 Å². The Morgan fingerprint density at radius 3 is 2.84 bits per heavy atom. The molecular weight excluding hydrogens is 344 g/mol. The summed E-state index contributed by atoms with van der Waals surface area (Å²) in [4.78, 5) is 15.9. The molecule has 0 aliphatic rings. The highest BCUT2D eigenvalue weighted by Gasteiger charge is 2.31. The summed E-state index contributed by atoms with van der Waals surface area (Å²) in [5, 5.41) is 9.20. The Morgan fingerprint density at radius 2 is 2.16 bits per heavy atom. The largest absolute Gasteiger partial charge is 0.308 e. The first kappa shape index (κ1) is 17.2. The molecule has 4 nitrogen and oxygen atoms in total. The van der Waals surface area contributed by atoms with Crippen molar-refractivity contribution < 1.29 is 8.78 Å². The number of alkyl halides is 2. The van der Waals surface area contributed by atoms with Crippen LogP contribution < -0.4 is 4.87 Å². The Kier molecular flexibility index (Phi) is 4.39. The molecule has 1 aromatic carbocycles. The molecule has 1 unspecified atom stereocenters. The van der Waals surface area contributed by atoms with Crippen LogP contribution in [0.1, 0.15) is 19.4 Å². The van der Waals surface area contributed by atoms with E-state index in [2.05, 4.69) is 11.1 Å². The molecule has 25 heavy (non-hydrogen) atoms. The summed E-state index contributed by atoms with van der Waals surface area (Å²) < 4.78 is 29.0. The number of rotatable bonds is 4. The average molecular weight is 359 g/mol. The molecule has 0 aliphatic carbocycles. The van der Waals surface area contributed by atoms with Gasteiger partial charge >= 0.3 is 4.87 Å². The number of pyridine rings is 1. The molecule has 0 bridgehead atoms. The number of benzene rings is 1. The highest BCUT2D eigenvalue weighted by molar-refractivity contribution is 7.16. The normalized spacial score (nSPS) is 12.9. The fourth-order valence-corrected chi connectivity index (χ4v) is 3.52. The molecule has 2 heterocycles. The number of nitriles is 1. The van der Waals surface area contributed by atoms with Gasteiger partial charge in [0.1, 0.15) is 6.07 Å². The van der Waals surface area contributed by atoms with E-state index in [4.69, 9.17) is 0 Å². The summed E-state index contributed by atoms with van der Waals surface area (Å²) in [7, 11) is 0. The molecule has 0 saturated carbocycles. The van der Waals surface area contributed by atoms with Crippen LogP contribution in [0, 0.1) is 17.2 Å². The van der Waals surface area contributed by atoms with E-state index >= 15 is 0 Å². The van der Waals surface area contributed by atoms with Crippen LogP contribution in [0.4, 0.5) is 8.78 Å².